The largest absolute Gasteiger partial charge is 0.380 e. The van der Waals surface area contributed by atoms with Crippen LogP contribution in [0.15, 0.2) is 0 Å². The second-order valence-electron chi connectivity index (χ2n) is 4.14. The molecular weight excluding hydrogens is 162 g/mol. The van der Waals surface area contributed by atoms with Crippen molar-refractivity contribution in [3.63, 3.8) is 0 Å². The average Bonchev–Trinajstić information content (AvgIpc) is 2.93. The molecule has 1 rings (SSSR count). The van der Waals surface area contributed by atoms with Crippen molar-refractivity contribution >= 4 is 0 Å². The molecule has 0 bridgehead atoms. The third-order valence-corrected chi connectivity index (χ3v) is 2.68. The molecule has 13 heavy (non-hydrogen) atoms. The topological polar surface area (TPSA) is 35.2 Å². The Labute approximate surface area is 81.8 Å². The normalized spacial score (nSPS) is 18.9. The number of hydrogen-bond acceptors (Lipinski definition) is 2. The first-order chi connectivity index (χ1) is 6.34. The van der Waals surface area contributed by atoms with Gasteiger partial charge in [0.05, 0.1) is 6.61 Å². The maximum Gasteiger partial charge on any atom is 0.0620 e. The Morgan fingerprint density at radius 1 is 1.31 bits per heavy atom. The average molecular weight is 185 g/mol. The molecule has 2 nitrogen and oxygen atoms in total. The Hall–Kier alpha value is -0.0800. The molecule has 0 amide bonds. The van der Waals surface area contributed by atoms with Crippen molar-refractivity contribution in [3.05, 3.63) is 0 Å². The minimum atomic E-state index is 0.311. The highest BCUT2D eigenvalue weighted by atomic mass is 16.5. The van der Waals surface area contributed by atoms with Crippen LogP contribution < -0.4 is 5.73 Å². The summed E-state index contributed by atoms with van der Waals surface area (Å²) in [6.45, 7) is 3.90. The number of hydrogen-bond donors (Lipinski definition) is 1. The summed E-state index contributed by atoms with van der Waals surface area (Å²) in [6, 6.07) is 0.311. The van der Waals surface area contributed by atoms with E-state index in [0.717, 1.165) is 19.1 Å². The van der Waals surface area contributed by atoms with Crippen LogP contribution in [0, 0.1) is 5.92 Å². The summed E-state index contributed by atoms with van der Waals surface area (Å²) in [7, 11) is 0. The van der Waals surface area contributed by atoms with Gasteiger partial charge in [-0.25, -0.2) is 0 Å². The Morgan fingerprint density at radius 2 is 2.08 bits per heavy atom. The number of unbranched alkanes of at least 4 members (excludes halogenated alkanes) is 3. The van der Waals surface area contributed by atoms with Gasteiger partial charge in [0.25, 0.3) is 0 Å². The molecule has 1 aliphatic carbocycles. The van der Waals surface area contributed by atoms with Crippen LogP contribution in [-0.2, 0) is 4.74 Å². The third-order valence-electron chi connectivity index (χ3n) is 2.68. The molecule has 0 radical (unpaired) electrons. The minimum absolute atomic E-state index is 0.311. The maximum absolute atomic E-state index is 5.89. The van der Waals surface area contributed by atoms with Gasteiger partial charge in [0.2, 0.25) is 0 Å². The van der Waals surface area contributed by atoms with E-state index in [0.29, 0.717) is 6.04 Å². The Morgan fingerprint density at radius 3 is 2.69 bits per heavy atom. The first-order valence-electron chi connectivity index (χ1n) is 5.68. The molecule has 1 saturated carbocycles. The van der Waals surface area contributed by atoms with Gasteiger partial charge >= 0.3 is 0 Å². The van der Waals surface area contributed by atoms with Crippen molar-refractivity contribution in [1.82, 2.24) is 0 Å². The molecule has 0 saturated heterocycles. The fraction of sp³-hybridized carbons (Fsp3) is 1.00. The van der Waals surface area contributed by atoms with E-state index in [1.807, 2.05) is 0 Å². The lowest BCUT2D eigenvalue weighted by molar-refractivity contribution is 0.112. The monoisotopic (exact) mass is 185 g/mol. The van der Waals surface area contributed by atoms with E-state index in [1.54, 1.807) is 0 Å². The molecule has 2 N–H and O–H groups in total. The fourth-order valence-corrected chi connectivity index (χ4v) is 1.51. The standard InChI is InChI=1S/C11H23NO/c1-2-3-4-5-8-13-9-11(12)10-6-7-10/h10-11H,2-9,12H2,1H3. The van der Waals surface area contributed by atoms with E-state index in [4.69, 9.17) is 10.5 Å². The fourth-order valence-electron chi connectivity index (χ4n) is 1.51. The second-order valence-corrected chi connectivity index (χ2v) is 4.14. The van der Waals surface area contributed by atoms with Crippen LogP contribution in [0.3, 0.4) is 0 Å². The van der Waals surface area contributed by atoms with E-state index >= 15 is 0 Å². The van der Waals surface area contributed by atoms with Crippen LogP contribution >= 0.6 is 0 Å². The van der Waals surface area contributed by atoms with Crippen molar-refractivity contribution in [3.8, 4) is 0 Å². The quantitative estimate of drug-likeness (QED) is 0.589. The predicted molar refractivity (Wildman–Crippen MR) is 55.7 cm³/mol. The summed E-state index contributed by atoms with van der Waals surface area (Å²) in [6.07, 6.45) is 7.76. The number of ether oxygens (including phenoxy) is 1. The van der Waals surface area contributed by atoms with Crippen molar-refractivity contribution in [2.75, 3.05) is 13.2 Å². The summed E-state index contributed by atoms with van der Waals surface area (Å²) >= 11 is 0. The van der Waals surface area contributed by atoms with Gasteiger partial charge in [0, 0.05) is 12.6 Å². The molecule has 1 atom stereocenters. The zero-order valence-electron chi connectivity index (χ0n) is 8.80. The summed E-state index contributed by atoms with van der Waals surface area (Å²) in [5.41, 5.74) is 5.89. The van der Waals surface area contributed by atoms with Crippen LogP contribution in [0.5, 0.6) is 0 Å². The SMILES string of the molecule is CCCCCCOCC(N)C1CC1. The Balaban J connectivity index is 1.77. The molecule has 1 unspecified atom stereocenters. The van der Waals surface area contributed by atoms with E-state index in [1.165, 1.54) is 38.5 Å². The molecule has 0 spiro atoms. The number of rotatable bonds is 8. The summed E-state index contributed by atoms with van der Waals surface area (Å²) in [4.78, 5) is 0. The molecule has 0 aromatic heterocycles. The van der Waals surface area contributed by atoms with Gasteiger partial charge in [-0.2, -0.15) is 0 Å². The zero-order valence-corrected chi connectivity index (χ0v) is 8.80. The van der Waals surface area contributed by atoms with Gasteiger partial charge in [-0.15, -0.1) is 0 Å². The molecule has 0 aliphatic heterocycles. The molecule has 0 aromatic rings. The van der Waals surface area contributed by atoms with Crippen LogP contribution in [0.25, 0.3) is 0 Å². The van der Waals surface area contributed by atoms with Crippen LogP contribution in [0.1, 0.15) is 45.4 Å². The summed E-state index contributed by atoms with van der Waals surface area (Å²) in [5.74, 6) is 0.774. The van der Waals surface area contributed by atoms with E-state index in [9.17, 15) is 0 Å². The van der Waals surface area contributed by atoms with Crippen LogP contribution in [0.4, 0.5) is 0 Å². The molecule has 0 heterocycles. The van der Waals surface area contributed by atoms with Crippen molar-refractivity contribution in [1.29, 1.82) is 0 Å². The lowest BCUT2D eigenvalue weighted by atomic mass is 10.2. The molecule has 1 aliphatic rings. The van der Waals surface area contributed by atoms with E-state index in [2.05, 4.69) is 6.92 Å². The van der Waals surface area contributed by atoms with Crippen LogP contribution in [-0.4, -0.2) is 19.3 Å². The summed E-state index contributed by atoms with van der Waals surface area (Å²) < 4.78 is 5.52. The van der Waals surface area contributed by atoms with Crippen molar-refractivity contribution in [2.24, 2.45) is 11.7 Å². The molecule has 1 fully saturated rings. The minimum Gasteiger partial charge on any atom is -0.380 e. The first-order valence-corrected chi connectivity index (χ1v) is 5.68. The first kappa shape index (κ1) is 11.0. The second kappa shape index (κ2) is 6.39. The van der Waals surface area contributed by atoms with E-state index < -0.39 is 0 Å². The van der Waals surface area contributed by atoms with Crippen molar-refractivity contribution in [2.45, 2.75) is 51.5 Å². The maximum atomic E-state index is 5.89. The van der Waals surface area contributed by atoms with Gasteiger partial charge in [-0.1, -0.05) is 26.2 Å². The van der Waals surface area contributed by atoms with Gasteiger partial charge < -0.3 is 10.5 Å². The predicted octanol–water partition coefficient (Wildman–Crippen LogP) is 2.32. The van der Waals surface area contributed by atoms with Crippen LogP contribution in [0.2, 0.25) is 0 Å². The highest BCUT2D eigenvalue weighted by Crippen LogP contribution is 2.31. The smallest absolute Gasteiger partial charge is 0.0620 e. The zero-order chi connectivity index (χ0) is 9.52. The highest BCUT2D eigenvalue weighted by Gasteiger charge is 2.28. The summed E-state index contributed by atoms with van der Waals surface area (Å²) in [5, 5.41) is 0. The lowest BCUT2D eigenvalue weighted by Crippen LogP contribution is -2.28. The van der Waals surface area contributed by atoms with E-state index in [-0.39, 0.29) is 0 Å². The Kier molecular flexibility index (Phi) is 5.40. The van der Waals surface area contributed by atoms with Gasteiger partial charge in [-0.05, 0) is 25.2 Å². The molecule has 0 aromatic carbocycles. The van der Waals surface area contributed by atoms with Gasteiger partial charge in [-0.3, -0.25) is 0 Å². The molecule has 78 valence electrons. The van der Waals surface area contributed by atoms with Gasteiger partial charge in [0.15, 0.2) is 0 Å². The Bertz CT molecular complexity index is 123. The lowest BCUT2D eigenvalue weighted by Gasteiger charge is -2.10. The molecule has 2 heteroatoms. The highest BCUT2D eigenvalue weighted by molar-refractivity contribution is 4.83. The third kappa shape index (κ3) is 5.27. The molecular formula is C11H23NO. The van der Waals surface area contributed by atoms with Crippen molar-refractivity contribution < 1.29 is 4.74 Å². The number of nitrogens with two attached hydrogens (primary N) is 1. The van der Waals surface area contributed by atoms with Gasteiger partial charge in [0.1, 0.15) is 0 Å².